The van der Waals surface area contributed by atoms with Crippen LogP contribution < -0.4 is 5.32 Å². The second-order valence-corrected chi connectivity index (χ2v) is 5.37. The van der Waals surface area contributed by atoms with Crippen LogP contribution in [0.4, 0.5) is 5.69 Å². The van der Waals surface area contributed by atoms with E-state index < -0.39 is 6.04 Å². The number of carbonyl (C=O) groups excluding carboxylic acids is 1. The SMILES string of the molecule is CCN(CC)C(=O)C(C)Nc1c(Cl)cc(Cl)cc1Cl. The lowest BCUT2D eigenvalue weighted by Crippen LogP contribution is -2.41. The van der Waals surface area contributed by atoms with Gasteiger partial charge in [-0.2, -0.15) is 0 Å². The summed E-state index contributed by atoms with van der Waals surface area (Å²) in [7, 11) is 0. The summed E-state index contributed by atoms with van der Waals surface area (Å²) >= 11 is 18.0. The molecule has 1 amide bonds. The van der Waals surface area contributed by atoms with Crippen LogP contribution >= 0.6 is 34.8 Å². The minimum atomic E-state index is -0.406. The summed E-state index contributed by atoms with van der Waals surface area (Å²) in [6, 6.07) is 2.77. The molecule has 1 aromatic rings. The molecule has 0 saturated heterocycles. The molecule has 0 aromatic heterocycles. The van der Waals surface area contributed by atoms with Gasteiger partial charge in [-0.25, -0.2) is 0 Å². The normalized spacial score (nSPS) is 12.1. The maximum absolute atomic E-state index is 12.2. The Kier molecular flexibility index (Phi) is 6.24. The minimum Gasteiger partial charge on any atom is -0.371 e. The Balaban J connectivity index is 2.88. The van der Waals surface area contributed by atoms with E-state index in [1.54, 1.807) is 24.0 Å². The molecule has 0 aliphatic heterocycles. The van der Waals surface area contributed by atoms with E-state index in [9.17, 15) is 4.79 Å². The molecule has 3 nitrogen and oxygen atoms in total. The summed E-state index contributed by atoms with van der Waals surface area (Å²) in [4.78, 5) is 13.9. The number of hydrogen-bond donors (Lipinski definition) is 1. The molecule has 0 fully saturated rings. The third-order valence-electron chi connectivity index (χ3n) is 2.81. The highest BCUT2D eigenvalue weighted by molar-refractivity contribution is 6.41. The molecule has 6 heteroatoms. The van der Waals surface area contributed by atoms with Crippen LogP contribution in [0.3, 0.4) is 0 Å². The van der Waals surface area contributed by atoms with E-state index in [0.29, 0.717) is 33.8 Å². The van der Waals surface area contributed by atoms with Gasteiger partial charge in [0.25, 0.3) is 0 Å². The first-order chi connectivity index (χ1) is 8.90. The van der Waals surface area contributed by atoms with Gasteiger partial charge in [0.05, 0.1) is 15.7 Å². The molecule has 0 aliphatic rings. The molecule has 1 N–H and O–H groups in total. The quantitative estimate of drug-likeness (QED) is 0.875. The van der Waals surface area contributed by atoms with Gasteiger partial charge in [0.1, 0.15) is 6.04 Å². The number of halogens is 3. The zero-order valence-corrected chi connectivity index (χ0v) is 13.4. The van der Waals surface area contributed by atoms with Gasteiger partial charge in [-0.05, 0) is 32.9 Å². The van der Waals surface area contributed by atoms with Crippen LogP contribution in [0.5, 0.6) is 0 Å². The standard InChI is InChI=1S/C13H17Cl3N2O/c1-4-18(5-2)13(19)8(3)17-12-10(15)6-9(14)7-11(12)16/h6-8,17H,4-5H2,1-3H3. The van der Waals surface area contributed by atoms with Crippen molar-refractivity contribution in [3.63, 3.8) is 0 Å². The molecule has 1 unspecified atom stereocenters. The topological polar surface area (TPSA) is 32.3 Å². The van der Waals surface area contributed by atoms with E-state index in [2.05, 4.69) is 5.32 Å². The molecule has 0 aliphatic carbocycles. The summed E-state index contributed by atoms with van der Waals surface area (Å²) < 4.78 is 0. The van der Waals surface area contributed by atoms with Crippen LogP contribution in [-0.2, 0) is 4.79 Å². The summed E-state index contributed by atoms with van der Waals surface area (Å²) in [6.45, 7) is 7.00. The van der Waals surface area contributed by atoms with Crippen molar-refractivity contribution in [1.29, 1.82) is 0 Å². The number of likely N-dealkylation sites (N-methyl/N-ethyl adjacent to an activating group) is 1. The zero-order valence-electron chi connectivity index (χ0n) is 11.1. The first kappa shape index (κ1) is 16.4. The van der Waals surface area contributed by atoms with Crippen LogP contribution in [-0.4, -0.2) is 29.9 Å². The second kappa shape index (κ2) is 7.22. The first-order valence-electron chi connectivity index (χ1n) is 6.10. The number of benzene rings is 1. The van der Waals surface area contributed by atoms with Crippen LogP contribution in [0.1, 0.15) is 20.8 Å². The van der Waals surface area contributed by atoms with Crippen LogP contribution in [0.15, 0.2) is 12.1 Å². The molecule has 0 radical (unpaired) electrons. The van der Waals surface area contributed by atoms with Crippen molar-refractivity contribution < 1.29 is 4.79 Å². The molecule has 1 aromatic carbocycles. The smallest absolute Gasteiger partial charge is 0.244 e. The fourth-order valence-electron chi connectivity index (χ4n) is 1.77. The van der Waals surface area contributed by atoms with Crippen molar-refractivity contribution in [1.82, 2.24) is 4.90 Å². The molecular weight excluding hydrogens is 307 g/mol. The Morgan fingerprint density at radius 3 is 2.11 bits per heavy atom. The lowest BCUT2D eigenvalue weighted by molar-refractivity contribution is -0.131. The Hall–Kier alpha value is -0.640. The number of nitrogens with zero attached hydrogens (tertiary/aromatic N) is 1. The molecule has 0 heterocycles. The predicted molar refractivity (Wildman–Crippen MR) is 82.5 cm³/mol. The highest BCUT2D eigenvalue weighted by atomic mass is 35.5. The molecule has 1 atom stereocenters. The second-order valence-electron chi connectivity index (χ2n) is 4.12. The van der Waals surface area contributed by atoms with Crippen LogP contribution in [0, 0.1) is 0 Å². The summed E-state index contributed by atoms with van der Waals surface area (Å²) in [5.74, 6) is 0.00656. The molecule has 0 bridgehead atoms. The van der Waals surface area contributed by atoms with Gasteiger partial charge in [-0.3, -0.25) is 4.79 Å². The summed E-state index contributed by atoms with van der Waals surface area (Å²) in [5, 5.41) is 4.30. The number of carbonyl (C=O) groups is 1. The Labute approximate surface area is 128 Å². The molecular formula is C13H17Cl3N2O. The van der Waals surface area contributed by atoms with E-state index in [-0.39, 0.29) is 5.91 Å². The van der Waals surface area contributed by atoms with Crippen molar-refractivity contribution >= 4 is 46.4 Å². The monoisotopic (exact) mass is 322 g/mol. The average molecular weight is 324 g/mol. The van der Waals surface area contributed by atoms with Crippen molar-refractivity contribution in [2.75, 3.05) is 18.4 Å². The zero-order chi connectivity index (χ0) is 14.6. The average Bonchev–Trinajstić information content (AvgIpc) is 2.34. The number of nitrogens with one attached hydrogen (secondary N) is 1. The van der Waals surface area contributed by atoms with Gasteiger partial charge in [-0.15, -0.1) is 0 Å². The van der Waals surface area contributed by atoms with Gasteiger partial charge in [0, 0.05) is 18.1 Å². The fraction of sp³-hybridized carbons (Fsp3) is 0.462. The molecule has 19 heavy (non-hydrogen) atoms. The predicted octanol–water partition coefficient (Wildman–Crippen LogP) is 4.32. The third kappa shape index (κ3) is 4.16. The molecule has 106 valence electrons. The summed E-state index contributed by atoms with van der Waals surface area (Å²) in [6.07, 6.45) is 0. The van der Waals surface area contributed by atoms with Crippen molar-refractivity contribution in [2.24, 2.45) is 0 Å². The maximum atomic E-state index is 12.2. The Morgan fingerprint density at radius 1 is 1.21 bits per heavy atom. The fourth-order valence-corrected chi connectivity index (χ4v) is 2.69. The number of hydrogen-bond acceptors (Lipinski definition) is 2. The largest absolute Gasteiger partial charge is 0.371 e. The van der Waals surface area contributed by atoms with Gasteiger partial charge >= 0.3 is 0 Å². The van der Waals surface area contributed by atoms with Crippen molar-refractivity contribution in [3.8, 4) is 0 Å². The van der Waals surface area contributed by atoms with E-state index in [1.165, 1.54) is 0 Å². The van der Waals surface area contributed by atoms with E-state index >= 15 is 0 Å². The van der Waals surface area contributed by atoms with E-state index in [1.807, 2.05) is 13.8 Å². The number of rotatable bonds is 5. The highest BCUT2D eigenvalue weighted by Gasteiger charge is 2.20. The van der Waals surface area contributed by atoms with Gasteiger partial charge < -0.3 is 10.2 Å². The molecule has 0 saturated carbocycles. The Morgan fingerprint density at radius 2 is 1.68 bits per heavy atom. The third-order valence-corrected chi connectivity index (χ3v) is 3.63. The van der Waals surface area contributed by atoms with Gasteiger partial charge in [-0.1, -0.05) is 34.8 Å². The summed E-state index contributed by atoms with van der Waals surface area (Å²) in [5.41, 5.74) is 0.528. The van der Waals surface area contributed by atoms with Crippen molar-refractivity contribution in [3.05, 3.63) is 27.2 Å². The number of anilines is 1. The highest BCUT2D eigenvalue weighted by Crippen LogP contribution is 2.34. The van der Waals surface area contributed by atoms with Crippen LogP contribution in [0.25, 0.3) is 0 Å². The van der Waals surface area contributed by atoms with E-state index in [0.717, 1.165) is 0 Å². The Bertz CT molecular complexity index is 438. The molecule has 1 rings (SSSR count). The van der Waals surface area contributed by atoms with E-state index in [4.69, 9.17) is 34.8 Å². The first-order valence-corrected chi connectivity index (χ1v) is 7.23. The lowest BCUT2D eigenvalue weighted by Gasteiger charge is -2.24. The van der Waals surface area contributed by atoms with Crippen molar-refractivity contribution in [2.45, 2.75) is 26.8 Å². The minimum absolute atomic E-state index is 0.00656. The lowest BCUT2D eigenvalue weighted by atomic mass is 10.2. The maximum Gasteiger partial charge on any atom is 0.244 e. The van der Waals surface area contributed by atoms with Gasteiger partial charge in [0.15, 0.2) is 0 Å². The van der Waals surface area contributed by atoms with Crippen LogP contribution in [0.2, 0.25) is 15.1 Å². The molecule has 0 spiro atoms. The van der Waals surface area contributed by atoms with Gasteiger partial charge in [0.2, 0.25) is 5.91 Å². The number of amides is 1.